The van der Waals surface area contributed by atoms with Crippen LogP contribution in [-0.4, -0.2) is 16.2 Å². The highest BCUT2D eigenvalue weighted by Gasteiger charge is 2.20. The zero-order valence-corrected chi connectivity index (χ0v) is 8.44. The van der Waals surface area contributed by atoms with Crippen molar-refractivity contribution in [2.24, 2.45) is 0 Å². The first-order valence-corrected chi connectivity index (χ1v) is 5.20. The van der Waals surface area contributed by atoms with E-state index in [1.807, 2.05) is 12.1 Å². The summed E-state index contributed by atoms with van der Waals surface area (Å²) in [6.07, 6.45) is 4.75. The number of hydrogen-bond acceptors (Lipinski definition) is 2. The van der Waals surface area contributed by atoms with Crippen molar-refractivity contribution in [2.45, 2.75) is 31.7 Å². The highest BCUT2D eigenvalue weighted by molar-refractivity contribution is 5.65. The normalized spacial score (nSPS) is 20.1. The number of nitrogens with zero attached hydrogens (tertiary/aromatic N) is 1. The molecule has 2 N–H and O–H groups in total. The quantitative estimate of drug-likeness (QED) is 0.692. The molecule has 0 bridgehead atoms. The zero-order valence-electron chi connectivity index (χ0n) is 8.44. The van der Waals surface area contributed by atoms with Gasteiger partial charge in [0.05, 0.1) is 6.04 Å². The molecule has 1 aliphatic rings. The van der Waals surface area contributed by atoms with Gasteiger partial charge >= 0.3 is 6.09 Å². The Morgan fingerprint density at radius 3 is 3.20 bits per heavy atom. The van der Waals surface area contributed by atoms with Gasteiger partial charge < -0.3 is 10.4 Å². The first-order chi connectivity index (χ1) is 7.27. The van der Waals surface area contributed by atoms with Crippen LogP contribution in [-0.2, 0) is 6.42 Å². The van der Waals surface area contributed by atoms with Gasteiger partial charge in [0, 0.05) is 11.9 Å². The molecule has 4 nitrogen and oxygen atoms in total. The van der Waals surface area contributed by atoms with Crippen molar-refractivity contribution in [1.29, 1.82) is 0 Å². The Bertz CT molecular complexity index is 365. The average molecular weight is 206 g/mol. The monoisotopic (exact) mass is 206 g/mol. The van der Waals surface area contributed by atoms with Crippen LogP contribution in [0, 0.1) is 0 Å². The van der Waals surface area contributed by atoms with Gasteiger partial charge in [-0.2, -0.15) is 0 Å². The van der Waals surface area contributed by atoms with Crippen LogP contribution >= 0.6 is 0 Å². The lowest BCUT2D eigenvalue weighted by Gasteiger charge is -2.16. The summed E-state index contributed by atoms with van der Waals surface area (Å²) in [6.45, 7) is 0. The number of amides is 1. The van der Waals surface area contributed by atoms with E-state index >= 15 is 0 Å². The summed E-state index contributed by atoms with van der Waals surface area (Å²) in [6, 6.07) is 3.74. The smallest absolute Gasteiger partial charge is 0.405 e. The Morgan fingerprint density at radius 2 is 2.40 bits per heavy atom. The first-order valence-electron chi connectivity index (χ1n) is 5.20. The second-order valence-corrected chi connectivity index (χ2v) is 3.79. The summed E-state index contributed by atoms with van der Waals surface area (Å²) in [5, 5.41) is 11.3. The number of carbonyl (C=O) groups is 1. The number of carboxylic acid groups (broad SMARTS) is 1. The number of hydrogen-bond donors (Lipinski definition) is 2. The van der Waals surface area contributed by atoms with Gasteiger partial charge in [-0.15, -0.1) is 0 Å². The number of fused-ring (bicyclic) bond motifs is 1. The minimum absolute atomic E-state index is 0.0892. The molecule has 0 spiro atoms. The van der Waals surface area contributed by atoms with Gasteiger partial charge in [-0.3, -0.25) is 4.98 Å². The largest absolute Gasteiger partial charge is 0.465 e. The molecule has 15 heavy (non-hydrogen) atoms. The molecule has 1 aromatic heterocycles. The summed E-state index contributed by atoms with van der Waals surface area (Å²) < 4.78 is 0. The number of pyridine rings is 1. The maximum absolute atomic E-state index is 10.7. The number of aromatic nitrogens is 1. The van der Waals surface area contributed by atoms with Gasteiger partial charge in [-0.05, 0) is 30.9 Å². The minimum Gasteiger partial charge on any atom is -0.465 e. The van der Waals surface area contributed by atoms with Crippen LogP contribution in [0.25, 0.3) is 0 Å². The van der Waals surface area contributed by atoms with E-state index in [0.29, 0.717) is 0 Å². The van der Waals surface area contributed by atoms with Crippen molar-refractivity contribution in [3.63, 3.8) is 0 Å². The molecule has 1 aromatic rings. The van der Waals surface area contributed by atoms with E-state index < -0.39 is 6.09 Å². The third-order valence-corrected chi connectivity index (χ3v) is 2.75. The Kier molecular flexibility index (Phi) is 2.85. The summed E-state index contributed by atoms with van der Waals surface area (Å²) in [5.74, 6) is 0. The Labute approximate surface area is 88.3 Å². The second-order valence-electron chi connectivity index (χ2n) is 3.79. The van der Waals surface area contributed by atoms with E-state index in [1.54, 1.807) is 6.20 Å². The molecule has 0 fully saturated rings. The van der Waals surface area contributed by atoms with Gasteiger partial charge in [0.2, 0.25) is 0 Å². The van der Waals surface area contributed by atoms with E-state index in [4.69, 9.17) is 5.11 Å². The summed E-state index contributed by atoms with van der Waals surface area (Å²) >= 11 is 0. The predicted molar refractivity (Wildman–Crippen MR) is 55.7 cm³/mol. The highest BCUT2D eigenvalue weighted by atomic mass is 16.4. The van der Waals surface area contributed by atoms with Crippen LogP contribution in [0.2, 0.25) is 0 Å². The minimum atomic E-state index is -0.961. The highest BCUT2D eigenvalue weighted by Crippen LogP contribution is 2.26. The standard InChI is InChI=1S/C11H14N2O2/c14-11(15)13-10-6-2-1-5-9-8(10)4-3-7-12-9/h3-4,7,10,13H,1-2,5-6H2,(H,14,15). The van der Waals surface area contributed by atoms with E-state index in [0.717, 1.165) is 36.9 Å². The van der Waals surface area contributed by atoms with Gasteiger partial charge in [-0.1, -0.05) is 12.5 Å². The van der Waals surface area contributed by atoms with Gasteiger partial charge in [0.15, 0.2) is 0 Å². The topological polar surface area (TPSA) is 62.2 Å². The number of rotatable bonds is 1. The Morgan fingerprint density at radius 1 is 1.53 bits per heavy atom. The number of nitrogens with one attached hydrogen (secondary N) is 1. The zero-order chi connectivity index (χ0) is 10.7. The fourth-order valence-electron chi connectivity index (χ4n) is 2.07. The second kappa shape index (κ2) is 4.29. The first kappa shape index (κ1) is 9.96. The molecule has 1 heterocycles. The average Bonchev–Trinajstić information content (AvgIpc) is 2.41. The summed E-state index contributed by atoms with van der Waals surface area (Å²) in [7, 11) is 0. The van der Waals surface area contributed by atoms with E-state index in [2.05, 4.69) is 10.3 Å². The number of aryl methyl sites for hydroxylation is 1. The summed E-state index contributed by atoms with van der Waals surface area (Å²) in [5.41, 5.74) is 2.08. The van der Waals surface area contributed by atoms with Gasteiger partial charge in [0.25, 0.3) is 0 Å². The third-order valence-electron chi connectivity index (χ3n) is 2.75. The molecule has 0 saturated carbocycles. The maximum Gasteiger partial charge on any atom is 0.405 e. The molecule has 2 rings (SSSR count). The molecule has 0 aromatic carbocycles. The molecule has 1 aliphatic carbocycles. The predicted octanol–water partition coefficient (Wildman–Crippen LogP) is 2.12. The van der Waals surface area contributed by atoms with E-state index in [9.17, 15) is 4.79 Å². The van der Waals surface area contributed by atoms with Crippen LogP contribution in [0.4, 0.5) is 4.79 Å². The van der Waals surface area contributed by atoms with Gasteiger partial charge in [0.1, 0.15) is 0 Å². The van der Waals surface area contributed by atoms with Crippen molar-refractivity contribution < 1.29 is 9.90 Å². The van der Waals surface area contributed by atoms with E-state index in [-0.39, 0.29) is 6.04 Å². The molecular formula is C11H14N2O2. The van der Waals surface area contributed by atoms with Crippen LogP contribution in [0.3, 0.4) is 0 Å². The third kappa shape index (κ3) is 2.26. The van der Waals surface area contributed by atoms with Gasteiger partial charge in [-0.25, -0.2) is 4.79 Å². The molecular weight excluding hydrogens is 192 g/mol. The fourth-order valence-corrected chi connectivity index (χ4v) is 2.07. The van der Waals surface area contributed by atoms with Crippen LogP contribution < -0.4 is 5.32 Å². The molecule has 1 atom stereocenters. The van der Waals surface area contributed by atoms with Crippen molar-refractivity contribution >= 4 is 6.09 Å². The Hall–Kier alpha value is -1.58. The van der Waals surface area contributed by atoms with Crippen LogP contribution in [0.1, 0.15) is 36.6 Å². The van der Waals surface area contributed by atoms with Crippen LogP contribution in [0.5, 0.6) is 0 Å². The molecule has 80 valence electrons. The van der Waals surface area contributed by atoms with Crippen molar-refractivity contribution in [1.82, 2.24) is 10.3 Å². The lowest BCUT2D eigenvalue weighted by molar-refractivity contribution is 0.189. The van der Waals surface area contributed by atoms with Crippen molar-refractivity contribution in [3.8, 4) is 0 Å². The fraction of sp³-hybridized carbons (Fsp3) is 0.455. The molecule has 0 saturated heterocycles. The van der Waals surface area contributed by atoms with E-state index in [1.165, 1.54) is 0 Å². The SMILES string of the molecule is O=C(O)NC1CCCCc2ncccc21. The molecule has 0 radical (unpaired) electrons. The molecule has 1 amide bonds. The molecule has 1 unspecified atom stereocenters. The lowest BCUT2D eigenvalue weighted by Crippen LogP contribution is -2.27. The van der Waals surface area contributed by atoms with Crippen molar-refractivity contribution in [3.05, 3.63) is 29.6 Å². The maximum atomic E-state index is 10.7. The Balaban J connectivity index is 2.28. The lowest BCUT2D eigenvalue weighted by atomic mass is 10.0. The molecule has 4 heteroatoms. The van der Waals surface area contributed by atoms with Crippen LogP contribution in [0.15, 0.2) is 18.3 Å². The summed E-state index contributed by atoms with van der Waals surface area (Å²) in [4.78, 5) is 15.0. The molecule has 0 aliphatic heterocycles. The van der Waals surface area contributed by atoms with Crippen molar-refractivity contribution in [2.75, 3.05) is 0 Å².